The number of ether oxygens (including phenoxy) is 1. The summed E-state index contributed by atoms with van der Waals surface area (Å²) in [6.45, 7) is 0.774. The van der Waals surface area contributed by atoms with Crippen LogP contribution in [0.5, 0.6) is 5.75 Å². The molecule has 5 heteroatoms. The summed E-state index contributed by atoms with van der Waals surface area (Å²) >= 11 is 12.7. The molecule has 0 aliphatic heterocycles. The van der Waals surface area contributed by atoms with Gasteiger partial charge in [0.05, 0.1) is 7.11 Å². The Hall–Kier alpha value is -1.52. The van der Waals surface area contributed by atoms with Crippen LogP contribution >= 0.6 is 23.2 Å². The fraction of sp³-hybridized carbons (Fsp3) is 0.417. The second kappa shape index (κ2) is 9.53. The van der Waals surface area contributed by atoms with E-state index < -0.39 is 5.60 Å². The van der Waals surface area contributed by atoms with Crippen LogP contribution in [0.4, 0.5) is 0 Å². The van der Waals surface area contributed by atoms with Crippen molar-refractivity contribution in [3.63, 3.8) is 0 Å². The van der Waals surface area contributed by atoms with Crippen LogP contribution in [0.3, 0.4) is 0 Å². The summed E-state index contributed by atoms with van der Waals surface area (Å²) in [6.07, 6.45) is 5.97. The summed E-state index contributed by atoms with van der Waals surface area (Å²) in [5.74, 6) is 0.832. The van der Waals surface area contributed by atoms with Crippen LogP contribution in [-0.2, 0) is 5.60 Å². The summed E-state index contributed by atoms with van der Waals surface area (Å²) in [7, 11) is 5.75. The highest BCUT2D eigenvalue weighted by Gasteiger charge is 2.43. The molecule has 0 heterocycles. The lowest BCUT2D eigenvalue weighted by atomic mass is 9.74. The normalized spacial score (nSPS) is 24.0. The minimum Gasteiger partial charge on any atom is -0.497 e. The third-order valence-electron chi connectivity index (χ3n) is 5.65. The first-order chi connectivity index (χ1) is 13.8. The molecule has 1 N–H and O–H groups in total. The molecule has 0 bridgehead atoms. The SMILES string of the molecule is COc1cccc(/C=C2\CCCCC(CN(C)C)C2(O)c2cc(Cl)cc(Cl)c2)c1. The van der Waals surface area contributed by atoms with E-state index in [9.17, 15) is 5.11 Å². The molecule has 156 valence electrons. The molecule has 1 saturated carbocycles. The van der Waals surface area contributed by atoms with Crippen LogP contribution in [-0.4, -0.2) is 37.8 Å². The van der Waals surface area contributed by atoms with Crippen molar-refractivity contribution in [1.82, 2.24) is 4.90 Å². The van der Waals surface area contributed by atoms with Crippen molar-refractivity contribution in [3.05, 3.63) is 69.2 Å². The Balaban J connectivity index is 2.17. The highest BCUT2D eigenvalue weighted by molar-refractivity contribution is 6.34. The zero-order valence-corrected chi connectivity index (χ0v) is 18.8. The number of benzene rings is 2. The molecule has 0 spiro atoms. The Morgan fingerprint density at radius 1 is 1.14 bits per heavy atom. The fourth-order valence-electron chi connectivity index (χ4n) is 4.34. The summed E-state index contributed by atoms with van der Waals surface area (Å²) in [5.41, 5.74) is 1.63. The monoisotopic (exact) mass is 433 g/mol. The molecule has 0 amide bonds. The van der Waals surface area contributed by atoms with Crippen LogP contribution in [0, 0.1) is 5.92 Å². The minimum absolute atomic E-state index is 0.0337. The molecule has 2 atom stereocenters. The third-order valence-corrected chi connectivity index (χ3v) is 6.09. The maximum atomic E-state index is 12.3. The number of hydrogen-bond acceptors (Lipinski definition) is 3. The van der Waals surface area contributed by atoms with Crippen LogP contribution in [0.25, 0.3) is 6.08 Å². The molecule has 2 aromatic rings. The number of aliphatic hydroxyl groups is 1. The molecule has 0 radical (unpaired) electrons. The Morgan fingerprint density at radius 2 is 1.86 bits per heavy atom. The highest BCUT2D eigenvalue weighted by Crippen LogP contribution is 2.46. The molecular formula is C24H29Cl2NO2. The van der Waals surface area contributed by atoms with Gasteiger partial charge in [-0.3, -0.25) is 0 Å². The predicted molar refractivity (Wildman–Crippen MR) is 122 cm³/mol. The lowest BCUT2D eigenvalue weighted by molar-refractivity contribution is 0.000496. The average Bonchev–Trinajstić information content (AvgIpc) is 2.81. The van der Waals surface area contributed by atoms with Crippen LogP contribution in [0.15, 0.2) is 48.0 Å². The van der Waals surface area contributed by atoms with Crippen molar-refractivity contribution in [2.45, 2.75) is 31.3 Å². The molecule has 29 heavy (non-hydrogen) atoms. The van der Waals surface area contributed by atoms with Crippen molar-refractivity contribution in [2.24, 2.45) is 5.92 Å². The van der Waals surface area contributed by atoms with Crippen molar-refractivity contribution in [3.8, 4) is 5.75 Å². The van der Waals surface area contributed by atoms with Gasteiger partial charge < -0.3 is 14.7 Å². The largest absolute Gasteiger partial charge is 0.497 e. The summed E-state index contributed by atoms with van der Waals surface area (Å²) < 4.78 is 5.38. The van der Waals surface area contributed by atoms with E-state index in [-0.39, 0.29) is 5.92 Å². The van der Waals surface area contributed by atoms with Crippen LogP contribution < -0.4 is 4.74 Å². The second-order valence-electron chi connectivity index (χ2n) is 8.08. The van der Waals surface area contributed by atoms with Gasteiger partial charge in [-0.25, -0.2) is 0 Å². The lowest BCUT2D eigenvalue weighted by Gasteiger charge is -2.39. The van der Waals surface area contributed by atoms with Crippen molar-refractivity contribution in [1.29, 1.82) is 0 Å². The molecule has 1 fully saturated rings. The summed E-state index contributed by atoms with van der Waals surface area (Å²) in [6, 6.07) is 13.3. The first-order valence-corrected chi connectivity index (χ1v) is 10.8. The van der Waals surface area contributed by atoms with Gasteiger partial charge in [-0.15, -0.1) is 0 Å². The van der Waals surface area contributed by atoms with Gasteiger partial charge in [0.2, 0.25) is 0 Å². The zero-order valence-electron chi connectivity index (χ0n) is 17.3. The lowest BCUT2D eigenvalue weighted by Crippen LogP contribution is -2.41. The maximum Gasteiger partial charge on any atom is 0.119 e. The van der Waals surface area contributed by atoms with Crippen LogP contribution in [0.2, 0.25) is 10.0 Å². The molecule has 2 unspecified atom stereocenters. The van der Waals surface area contributed by atoms with E-state index in [0.29, 0.717) is 10.0 Å². The topological polar surface area (TPSA) is 32.7 Å². The van der Waals surface area contributed by atoms with Crippen molar-refractivity contribution in [2.75, 3.05) is 27.7 Å². The van der Waals surface area contributed by atoms with Gasteiger partial charge in [0, 0.05) is 22.5 Å². The third kappa shape index (κ3) is 5.16. The van der Waals surface area contributed by atoms with Gasteiger partial charge in [-0.2, -0.15) is 0 Å². The van der Waals surface area contributed by atoms with Gasteiger partial charge in [-0.05, 0) is 80.4 Å². The molecule has 3 rings (SSSR count). The first-order valence-electron chi connectivity index (χ1n) is 10.0. The van der Waals surface area contributed by atoms with E-state index in [4.69, 9.17) is 27.9 Å². The van der Waals surface area contributed by atoms with E-state index in [2.05, 4.69) is 11.0 Å². The van der Waals surface area contributed by atoms with Gasteiger partial charge in [0.25, 0.3) is 0 Å². The summed E-state index contributed by atoms with van der Waals surface area (Å²) in [5, 5.41) is 13.4. The Morgan fingerprint density at radius 3 is 2.52 bits per heavy atom. The number of hydrogen-bond donors (Lipinski definition) is 1. The number of rotatable bonds is 5. The minimum atomic E-state index is -1.14. The van der Waals surface area contributed by atoms with E-state index in [1.165, 1.54) is 0 Å². The van der Waals surface area contributed by atoms with E-state index in [1.54, 1.807) is 13.2 Å². The molecule has 2 aromatic carbocycles. The quantitative estimate of drug-likeness (QED) is 0.584. The first kappa shape index (κ1) is 22.2. The van der Waals surface area contributed by atoms with E-state index in [1.807, 2.05) is 50.5 Å². The fourth-order valence-corrected chi connectivity index (χ4v) is 4.87. The molecular weight excluding hydrogens is 405 g/mol. The standard InChI is InChI=1S/C24H29Cl2NO2/c1-27(2)16-19-9-5-4-8-18(11-17-7-6-10-23(12-17)29-3)24(19,28)20-13-21(25)15-22(26)14-20/h6-7,10-15,19,28H,4-5,8-9,16H2,1-3H3/b18-11+. The van der Waals surface area contributed by atoms with Gasteiger partial charge in [-0.1, -0.05) is 47.8 Å². The molecule has 0 saturated heterocycles. The zero-order chi connectivity index (χ0) is 21.0. The average molecular weight is 434 g/mol. The number of methoxy groups -OCH3 is 1. The Bertz CT molecular complexity index is 861. The molecule has 0 aromatic heterocycles. The van der Waals surface area contributed by atoms with Gasteiger partial charge in [0.15, 0.2) is 0 Å². The highest BCUT2D eigenvalue weighted by atomic mass is 35.5. The smallest absolute Gasteiger partial charge is 0.119 e. The van der Waals surface area contributed by atoms with Gasteiger partial charge >= 0.3 is 0 Å². The van der Waals surface area contributed by atoms with Crippen molar-refractivity contribution < 1.29 is 9.84 Å². The Labute approximate surface area is 183 Å². The van der Waals surface area contributed by atoms with E-state index >= 15 is 0 Å². The number of halogens is 2. The molecule has 1 aliphatic rings. The summed E-state index contributed by atoms with van der Waals surface area (Å²) in [4.78, 5) is 2.14. The Kier molecular flexibility index (Phi) is 7.28. The molecule has 3 nitrogen and oxygen atoms in total. The predicted octanol–water partition coefficient (Wildman–Crippen LogP) is 6.03. The number of nitrogens with zero attached hydrogens (tertiary/aromatic N) is 1. The van der Waals surface area contributed by atoms with Gasteiger partial charge in [0.1, 0.15) is 11.4 Å². The van der Waals surface area contributed by atoms with Crippen molar-refractivity contribution >= 4 is 29.3 Å². The second-order valence-corrected chi connectivity index (χ2v) is 8.95. The van der Waals surface area contributed by atoms with Crippen LogP contribution in [0.1, 0.15) is 36.8 Å². The maximum absolute atomic E-state index is 12.3. The molecule has 1 aliphatic carbocycles. The van der Waals surface area contributed by atoms with E-state index in [0.717, 1.165) is 54.7 Å².